The van der Waals surface area contributed by atoms with Gasteiger partial charge in [0.1, 0.15) is 5.82 Å². The van der Waals surface area contributed by atoms with Crippen LogP contribution in [0.3, 0.4) is 0 Å². The molecule has 0 fully saturated rings. The molecule has 0 saturated carbocycles. The first-order chi connectivity index (χ1) is 14.4. The van der Waals surface area contributed by atoms with E-state index in [0.717, 1.165) is 15.5 Å². The molecule has 0 aliphatic rings. The number of para-hydroxylation sites is 1. The number of hydrogen-bond donors (Lipinski definition) is 1. The largest absolute Gasteiger partial charge is 0.320 e. The zero-order chi connectivity index (χ0) is 21.3. The molecule has 0 spiro atoms. The summed E-state index contributed by atoms with van der Waals surface area (Å²) in [5, 5.41) is 3.78. The summed E-state index contributed by atoms with van der Waals surface area (Å²) in [6, 6.07) is 19.1. The highest BCUT2D eigenvalue weighted by Gasteiger charge is 2.18. The zero-order valence-electron chi connectivity index (χ0n) is 16.5. The minimum Gasteiger partial charge on any atom is -0.320 e. The van der Waals surface area contributed by atoms with Gasteiger partial charge in [-0.05, 0) is 54.6 Å². The fraction of sp³-hybridized carbons (Fsp3) is 0.0909. The predicted octanol–water partition coefficient (Wildman–Crippen LogP) is 3.53. The van der Waals surface area contributed by atoms with Gasteiger partial charge in [0.25, 0.3) is 5.91 Å². The average molecular weight is 420 g/mol. The summed E-state index contributed by atoms with van der Waals surface area (Å²) < 4.78 is 27.4. The van der Waals surface area contributed by atoms with Crippen molar-refractivity contribution in [2.75, 3.05) is 19.4 Å². The lowest BCUT2D eigenvalue weighted by molar-refractivity contribution is 0.102. The second-order valence-corrected chi connectivity index (χ2v) is 9.05. The number of carbonyl (C=O) groups excluding carboxylic acids is 1. The summed E-state index contributed by atoms with van der Waals surface area (Å²) in [6.45, 7) is 0. The van der Waals surface area contributed by atoms with Gasteiger partial charge < -0.3 is 9.88 Å². The average Bonchev–Trinajstić information content (AvgIpc) is 3.28. The summed E-state index contributed by atoms with van der Waals surface area (Å²) in [5.74, 6) is 0.400. The number of nitrogens with zero attached hydrogens (tertiary/aromatic N) is 3. The quantitative estimate of drug-likeness (QED) is 0.535. The van der Waals surface area contributed by atoms with Crippen molar-refractivity contribution < 1.29 is 13.2 Å². The summed E-state index contributed by atoms with van der Waals surface area (Å²) in [4.78, 5) is 17.6. The molecule has 7 nitrogen and oxygen atoms in total. The van der Waals surface area contributed by atoms with Crippen LogP contribution in [0.2, 0.25) is 0 Å². The smallest absolute Gasteiger partial charge is 0.255 e. The molecule has 1 N–H and O–H groups in total. The van der Waals surface area contributed by atoms with E-state index >= 15 is 0 Å². The van der Waals surface area contributed by atoms with Crippen LogP contribution in [-0.4, -0.2) is 42.3 Å². The van der Waals surface area contributed by atoms with Crippen molar-refractivity contribution >= 4 is 32.5 Å². The number of carbonyl (C=O) groups is 1. The molecule has 0 aliphatic heterocycles. The Hall–Kier alpha value is -3.49. The standard InChI is InChI=1S/C22H20N4O3S/c1-25(2)30(28,29)18-11-8-17(9-12-18)22(27)23-19-7-5-6-16-10-13-20(24-21(16)19)26-14-3-4-15-26/h3-15H,1-2H3,(H,23,27). The maximum atomic E-state index is 12.8. The topological polar surface area (TPSA) is 84.3 Å². The van der Waals surface area contributed by atoms with Crippen molar-refractivity contribution in [3.05, 3.63) is 84.7 Å². The minimum absolute atomic E-state index is 0.132. The molecule has 0 atom stereocenters. The van der Waals surface area contributed by atoms with Crippen LogP contribution in [0.5, 0.6) is 0 Å². The van der Waals surface area contributed by atoms with Crippen molar-refractivity contribution in [2.24, 2.45) is 0 Å². The summed E-state index contributed by atoms with van der Waals surface area (Å²) in [6.07, 6.45) is 3.80. The lowest BCUT2D eigenvalue weighted by atomic mass is 10.1. The third-order valence-corrected chi connectivity index (χ3v) is 6.55. The SMILES string of the molecule is CN(C)S(=O)(=O)c1ccc(C(=O)Nc2cccc3ccc(-n4cccc4)nc23)cc1. The van der Waals surface area contributed by atoms with Crippen LogP contribution in [0.4, 0.5) is 5.69 Å². The van der Waals surface area contributed by atoms with Crippen LogP contribution >= 0.6 is 0 Å². The van der Waals surface area contributed by atoms with Crippen LogP contribution in [0, 0.1) is 0 Å². The van der Waals surface area contributed by atoms with E-state index in [1.807, 2.05) is 53.4 Å². The number of nitrogens with one attached hydrogen (secondary N) is 1. The van der Waals surface area contributed by atoms with E-state index in [-0.39, 0.29) is 10.8 Å². The van der Waals surface area contributed by atoms with Crippen molar-refractivity contribution in [1.29, 1.82) is 0 Å². The molecule has 4 aromatic rings. The summed E-state index contributed by atoms with van der Waals surface area (Å²) >= 11 is 0. The van der Waals surface area contributed by atoms with Crippen LogP contribution < -0.4 is 5.32 Å². The van der Waals surface area contributed by atoms with Crippen molar-refractivity contribution in [3.63, 3.8) is 0 Å². The van der Waals surface area contributed by atoms with Gasteiger partial charge in [-0.15, -0.1) is 0 Å². The Balaban J connectivity index is 1.64. The summed E-state index contributed by atoms with van der Waals surface area (Å²) in [7, 11) is -0.617. The van der Waals surface area contributed by atoms with Crippen molar-refractivity contribution in [1.82, 2.24) is 13.9 Å². The second-order valence-electron chi connectivity index (χ2n) is 6.90. The van der Waals surface area contributed by atoms with Crippen LogP contribution in [0.15, 0.2) is 84.0 Å². The Morgan fingerprint density at radius 1 is 0.933 bits per heavy atom. The van der Waals surface area contributed by atoms with Crippen LogP contribution in [0.1, 0.15) is 10.4 Å². The van der Waals surface area contributed by atoms with Gasteiger partial charge in [0.15, 0.2) is 0 Å². The van der Waals surface area contributed by atoms with Gasteiger partial charge in [-0.25, -0.2) is 17.7 Å². The molecule has 1 amide bonds. The van der Waals surface area contributed by atoms with Crippen molar-refractivity contribution in [2.45, 2.75) is 4.90 Å². The molecule has 0 aliphatic carbocycles. The lowest BCUT2D eigenvalue weighted by Gasteiger charge is -2.12. The lowest BCUT2D eigenvalue weighted by Crippen LogP contribution is -2.22. The molecular formula is C22H20N4O3S. The molecular weight excluding hydrogens is 400 g/mol. The highest BCUT2D eigenvalue weighted by atomic mass is 32.2. The highest BCUT2D eigenvalue weighted by Crippen LogP contribution is 2.24. The van der Waals surface area contributed by atoms with E-state index in [9.17, 15) is 13.2 Å². The van der Waals surface area contributed by atoms with Gasteiger partial charge in [0.05, 0.1) is 16.1 Å². The first kappa shape index (κ1) is 19.8. The molecule has 0 radical (unpaired) electrons. The number of amides is 1. The number of anilines is 1. The molecule has 0 bridgehead atoms. The van der Waals surface area contributed by atoms with E-state index in [0.29, 0.717) is 16.8 Å². The number of aromatic nitrogens is 2. The van der Waals surface area contributed by atoms with Crippen molar-refractivity contribution in [3.8, 4) is 5.82 Å². The van der Waals surface area contributed by atoms with E-state index in [4.69, 9.17) is 4.98 Å². The zero-order valence-corrected chi connectivity index (χ0v) is 17.3. The first-order valence-electron chi connectivity index (χ1n) is 9.23. The molecule has 0 saturated heterocycles. The molecule has 30 heavy (non-hydrogen) atoms. The Labute approximate surface area is 174 Å². The predicted molar refractivity (Wildman–Crippen MR) is 116 cm³/mol. The molecule has 8 heteroatoms. The van der Waals surface area contributed by atoms with Crippen LogP contribution in [-0.2, 0) is 10.0 Å². The van der Waals surface area contributed by atoms with Gasteiger partial charge in [-0.2, -0.15) is 0 Å². The molecule has 0 unspecified atom stereocenters. The Bertz CT molecular complexity index is 1310. The third-order valence-electron chi connectivity index (χ3n) is 4.72. The molecule has 4 rings (SSSR count). The Kier molecular flexibility index (Phi) is 5.11. The van der Waals surface area contributed by atoms with Gasteiger partial charge in [-0.1, -0.05) is 12.1 Å². The molecule has 2 aromatic heterocycles. The van der Waals surface area contributed by atoms with E-state index in [1.165, 1.54) is 38.4 Å². The first-order valence-corrected chi connectivity index (χ1v) is 10.7. The molecule has 2 aromatic carbocycles. The number of hydrogen-bond acceptors (Lipinski definition) is 4. The Morgan fingerprint density at radius 2 is 1.63 bits per heavy atom. The van der Waals surface area contributed by atoms with Gasteiger partial charge in [-0.3, -0.25) is 4.79 Å². The van der Waals surface area contributed by atoms with Gasteiger partial charge >= 0.3 is 0 Å². The van der Waals surface area contributed by atoms with E-state index < -0.39 is 10.0 Å². The van der Waals surface area contributed by atoms with E-state index in [2.05, 4.69) is 5.32 Å². The maximum absolute atomic E-state index is 12.8. The third kappa shape index (κ3) is 3.70. The normalized spacial score (nSPS) is 11.7. The monoisotopic (exact) mass is 420 g/mol. The minimum atomic E-state index is -3.54. The number of pyridine rings is 1. The van der Waals surface area contributed by atoms with E-state index in [1.54, 1.807) is 6.07 Å². The molecule has 152 valence electrons. The Morgan fingerprint density at radius 3 is 2.30 bits per heavy atom. The summed E-state index contributed by atoms with van der Waals surface area (Å²) in [5.41, 5.74) is 1.60. The number of rotatable bonds is 5. The molecule has 2 heterocycles. The number of benzene rings is 2. The fourth-order valence-corrected chi connectivity index (χ4v) is 3.95. The van der Waals surface area contributed by atoms with Crippen LogP contribution in [0.25, 0.3) is 16.7 Å². The number of sulfonamides is 1. The highest BCUT2D eigenvalue weighted by molar-refractivity contribution is 7.89. The number of fused-ring (bicyclic) bond motifs is 1. The maximum Gasteiger partial charge on any atom is 0.255 e. The van der Waals surface area contributed by atoms with Gasteiger partial charge in [0, 0.05) is 37.4 Å². The van der Waals surface area contributed by atoms with Gasteiger partial charge in [0.2, 0.25) is 10.0 Å². The fourth-order valence-electron chi connectivity index (χ4n) is 3.05. The second kappa shape index (κ2) is 7.74.